The fraction of sp³-hybridized carbons (Fsp3) is 0.409. The second kappa shape index (κ2) is 7.35. The van der Waals surface area contributed by atoms with Crippen LogP contribution in [-0.2, 0) is 4.79 Å². The smallest absolute Gasteiger partial charge is 0.268 e. The molecule has 0 bridgehead atoms. The molecule has 4 N–H and O–H groups in total. The Hall–Kier alpha value is -3.37. The molecule has 2 aliphatic heterocycles. The van der Waals surface area contributed by atoms with E-state index in [0.717, 1.165) is 0 Å². The Balaban J connectivity index is 1.43. The van der Waals surface area contributed by atoms with Gasteiger partial charge in [0, 0.05) is 24.8 Å². The van der Waals surface area contributed by atoms with Crippen molar-refractivity contribution in [3.8, 4) is 5.75 Å². The summed E-state index contributed by atoms with van der Waals surface area (Å²) >= 11 is 0. The molecule has 2 aromatic heterocycles. The number of furan rings is 1. The lowest BCUT2D eigenvalue weighted by atomic mass is 9.92. The summed E-state index contributed by atoms with van der Waals surface area (Å²) < 4.78 is 11.4. The number of anilines is 4. The van der Waals surface area contributed by atoms with Gasteiger partial charge in [0.1, 0.15) is 11.3 Å². The maximum absolute atomic E-state index is 12.2. The number of carbonyl (C=O) groups excluding carboxylic acids is 1. The highest BCUT2D eigenvalue weighted by Gasteiger charge is 2.36. The third kappa shape index (κ3) is 3.61. The SMILES string of the molecule is CC1(C)Oc2ccc(Nc3nc(N4CCC(O)(CO)CC4)c4occc4n3)cc2NC1=O. The summed E-state index contributed by atoms with van der Waals surface area (Å²) in [4.78, 5) is 23.4. The van der Waals surface area contributed by atoms with Gasteiger partial charge in [-0.15, -0.1) is 0 Å². The van der Waals surface area contributed by atoms with E-state index in [0.29, 0.717) is 65.9 Å². The molecule has 10 heteroatoms. The van der Waals surface area contributed by atoms with E-state index in [-0.39, 0.29) is 12.5 Å². The Morgan fingerprint density at radius 3 is 2.75 bits per heavy atom. The number of piperidine rings is 1. The fourth-order valence-corrected chi connectivity index (χ4v) is 3.93. The van der Waals surface area contributed by atoms with E-state index in [1.54, 1.807) is 38.3 Å². The molecule has 0 spiro atoms. The predicted molar refractivity (Wildman–Crippen MR) is 118 cm³/mol. The van der Waals surface area contributed by atoms with Crippen LogP contribution >= 0.6 is 0 Å². The highest BCUT2D eigenvalue weighted by molar-refractivity contribution is 6.00. The van der Waals surface area contributed by atoms with Crippen LogP contribution in [-0.4, -0.2) is 57.0 Å². The summed E-state index contributed by atoms with van der Waals surface area (Å²) in [7, 11) is 0. The Morgan fingerprint density at radius 1 is 1.22 bits per heavy atom. The van der Waals surface area contributed by atoms with Gasteiger partial charge in [-0.1, -0.05) is 0 Å². The number of amides is 1. The van der Waals surface area contributed by atoms with Gasteiger partial charge in [-0.3, -0.25) is 4.79 Å². The third-order valence-corrected chi connectivity index (χ3v) is 5.97. The minimum absolute atomic E-state index is 0.214. The van der Waals surface area contributed by atoms with E-state index >= 15 is 0 Å². The number of nitrogens with zero attached hydrogens (tertiary/aromatic N) is 3. The van der Waals surface area contributed by atoms with Crippen molar-refractivity contribution < 1.29 is 24.2 Å². The molecular formula is C22H25N5O5. The number of rotatable bonds is 4. The standard InChI is InChI=1S/C22H25N5O5/c1-21(2)19(29)24-15-11-13(3-4-16(15)32-21)23-20-25-14-5-10-31-17(14)18(26-20)27-8-6-22(30,12-28)7-9-27/h3-5,10-11,28,30H,6-9,12H2,1-2H3,(H,24,29)(H,23,25,26). The van der Waals surface area contributed by atoms with Crippen LogP contribution in [0.5, 0.6) is 5.75 Å². The van der Waals surface area contributed by atoms with Crippen LogP contribution in [0.2, 0.25) is 0 Å². The fourth-order valence-electron chi connectivity index (χ4n) is 3.93. The molecular weight excluding hydrogens is 414 g/mol. The van der Waals surface area contributed by atoms with E-state index in [4.69, 9.17) is 9.15 Å². The van der Waals surface area contributed by atoms with Crippen molar-refractivity contribution in [2.75, 3.05) is 35.2 Å². The number of carbonyl (C=O) groups is 1. The Bertz CT molecular complexity index is 1180. The summed E-state index contributed by atoms with van der Waals surface area (Å²) in [5, 5.41) is 25.8. The van der Waals surface area contributed by atoms with Crippen molar-refractivity contribution in [2.24, 2.45) is 0 Å². The number of hydrogen-bond acceptors (Lipinski definition) is 9. The number of benzene rings is 1. The minimum Gasteiger partial charge on any atom is -0.476 e. The van der Waals surface area contributed by atoms with Crippen molar-refractivity contribution in [1.82, 2.24) is 9.97 Å². The third-order valence-electron chi connectivity index (χ3n) is 5.97. The number of aliphatic hydroxyl groups excluding tert-OH is 1. The summed E-state index contributed by atoms with van der Waals surface area (Å²) in [6, 6.07) is 7.16. The summed E-state index contributed by atoms with van der Waals surface area (Å²) in [5.74, 6) is 1.38. The molecule has 0 saturated carbocycles. The molecule has 0 atom stereocenters. The molecule has 0 unspecified atom stereocenters. The van der Waals surface area contributed by atoms with Gasteiger partial charge in [0.2, 0.25) is 5.95 Å². The molecule has 32 heavy (non-hydrogen) atoms. The van der Waals surface area contributed by atoms with E-state index in [2.05, 4.69) is 20.6 Å². The first-order chi connectivity index (χ1) is 15.3. The summed E-state index contributed by atoms with van der Waals surface area (Å²) in [5.41, 5.74) is 0.493. The second-order valence-corrected chi connectivity index (χ2v) is 8.78. The van der Waals surface area contributed by atoms with Gasteiger partial charge in [0.15, 0.2) is 17.0 Å². The van der Waals surface area contributed by atoms with Crippen LogP contribution in [0.4, 0.5) is 23.1 Å². The van der Waals surface area contributed by atoms with E-state index in [1.165, 1.54) is 0 Å². The first-order valence-corrected chi connectivity index (χ1v) is 10.5. The van der Waals surface area contributed by atoms with Crippen molar-refractivity contribution in [1.29, 1.82) is 0 Å². The number of nitrogens with one attached hydrogen (secondary N) is 2. The zero-order chi connectivity index (χ0) is 22.5. The monoisotopic (exact) mass is 439 g/mol. The van der Waals surface area contributed by atoms with Crippen LogP contribution in [0.3, 0.4) is 0 Å². The number of fused-ring (bicyclic) bond motifs is 2. The van der Waals surface area contributed by atoms with Gasteiger partial charge in [-0.25, -0.2) is 4.98 Å². The first-order valence-electron chi connectivity index (χ1n) is 10.5. The lowest BCUT2D eigenvalue weighted by Crippen LogP contribution is -2.47. The van der Waals surface area contributed by atoms with Crippen LogP contribution in [0.15, 0.2) is 34.9 Å². The van der Waals surface area contributed by atoms with Crippen molar-refractivity contribution in [2.45, 2.75) is 37.9 Å². The van der Waals surface area contributed by atoms with Crippen LogP contribution in [0, 0.1) is 0 Å². The minimum atomic E-state index is -1.06. The molecule has 1 aromatic carbocycles. The van der Waals surface area contributed by atoms with Gasteiger partial charge in [0.05, 0.1) is 24.2 Å². The molecule has 1 fully saturated rings. The maximum atomic E-state index is 12.2. The molecule has 4 heterocycles. The number of hydrogen-bond donors (Lipinski definition) is 4. The van der Waals surface area contributed by atoms with Gasteiger partial charge in [-0.2, -0.15) is 4.98 Å². The topological polar surface area (TPSA) is 133 Å². The molecule has 168 valence electrons. The molecule has 0 radical (unpaired) electrons. The Morgan fingerprint density at radius 2 is 2.00 bits per heavy atom. The molecule has 3 aromatic rings. The van der Waals surface area contributed by atoms with Crippen molar-refractivity contribution in [3.63, 3.8) is 0 Å². The van der Waals surface area contributed by atoms with Gasteiger partial charge < -0.3 is 34.9 Å². The number of aliphatic hydroxyl groups is 2. The van der Waals surface area contributed by atoms with Crippen molar-refractivity contribution >= 4 is 40.1 Å². The highest BCUT2D eigenvalue weighted by Crippen LogP contribution is 2.37. The van der Waals surface area contributed by atoms with Gasteiger partial charge in [0.25, 0.3) is 5.91 Å². The molecule has 0 aliphatic carbocycles. The molecule has 2 aliphatic rings. The quantitative estimate of drug-likeness (QED) is 0.483. The Kier molecular flexibility index (Phi) is 4.72. The molecule has 1 amide bonds. The summed E-state index contributed by atoms with van der Waals surface area (Å²) in [6.45, 7) is 4.23. The number of aromatic nitrogens is 2. The molecule has 5 rings (SSSR count). The van der Waals surface area contributed by atoms with Gasteiger partial charge in [-0.05, 0) is 44.9 Å². The highest BCUT2D eigenvalue weighted by atomic mass is 16.5. The maximum Gasteiger partial charge on any atom is 0.268 e. The van der Waals surface area contributed by atoms with E-state index in [1.807, 2.05) is 11.0 Å². The number of ether oxygens (including phenoxy) is 1. The lowest BCUT2D eigenvalue weighted by Gasteiger charge is -2.37. The largest absolute Gasteiger partial charge is 0.476 e. The van der Waals surface area contributed by atoms with Crippen LogP contribution < -0.4 is 20.3 Å². The zero-order valence-corrected chi connectivity index (χ0v) is 17.9. The summed E-state index contributed by atoms with van der Waals surface area (Å²) in [6.07, 6.45) is 2.42. The van der Waals surface area contributed by atoms with Crippen LogP contribution in [0.1, 0.15) is 26.7 Å². The average molecular weight is 439 g/mol. The lowest BCUT2D eigenvalue weighted by molar-refractivity contribution is -0.129. The molecule has 1 saturated heterocycles. The van der Waals surface area contributed by atoms with E-state index in [9.17, 15) is 15.0 Å². The van der Waals surface area contributed by atoms with Crippen LogP contribution in [0.25, 0.3) is 11.1 Å². The normalized spacial score (nSPS) is 19.2. The van der Waals surface area contributed by atoms with Crippen molar-refractivity contribution in [3.05, 3.63) is 30.5 Å². The zero-order valence-electron chi connectivity index (χ0n) is 17.9. The Labute approximate surface area is 184 Å². The average Bonchev–Trinajstić information content (AvgIpc) is 3.23. The van der Waals surface area contributed by atoms with Gasteiger partial charge >= 0.3 is 0 Å². The molecule has 10 nitrogen and oxygen atoms in total. The second-order valence-electron chi connectivity index (χ2n) is 8.78. The predicted octanol–water partition coefficient (Wildman–Crippen LogP) is 2.40. The van der Waals surface area contributed by atoms with E-state index < -0.39 is 11.2 Å². The first kappa shape index (κ1) is 20.5.